The van der Waals surface area contributed by atoms with Crippen molar-refractivity contribution in [2.45, 2.75) is 0 Å². The van der Waals surface area contributed by atoms with E-state index in [0.29, 0.717) is 11.3 Å². The fourth-order valence-electron chi connectivity index (χ4n) is 1.74. The van der Waals surface area contributed by atoms with Crippen LogP contribution in [0.25, 0.3) is 0 Å². The second-order valence-corrected chi connectivity index (χ2v) is 4.59. The van der Waals surface area contributed by atoms with Crippen LogP contribution in [-0.4, -0.2) is 32.5 Å². The monoisotopic (exact) mass is 270 g/mol. The Bertz CT molecular complexity index is 604. The van der Waals surface area contributed by atoms with Crippen LogP contribution in [0.2, 0.25) is 0 Å². The number of phenols is 1. The topological polar surface area (TPSA) is 45.1 Å². The van der Waals surface area contributed by atoms with E-state index >= 15 is 0 Å². The van der Waals surface area contributed by atoms with Gasteiger partial charge in [-0.15, -0.1) is 0 Å². The van der Waals surface area contributed by atoms with Gasteiger partial charge in [-0.3, -0.25) is 4.99 Å². The van der Waals surface area contributed by atoms with Crippen LogP contribution >= 0.6 is 0 Å². The maximum absolute atomic E-state index is 9.84. The van der Waals surface area contributed by atoms with E-state index in [1.165, 1.54) is 0 Å². The predicted octanol–water partition coefficient (Wildman–Crippen LogP) is 3.22. The van der Waals surface area contributed by atoms with E-state index in [-0.39, 0.29) is 5.75 Å². The average Bonchev–Trinajstić information content (AvgIpc) is 2.46. The van der Waals surface area contributed by atoms with Crippen molar-refractivity contribution in [3.05, 3.63) is 48.0 Å². The van der Waals surface area contributed by atoms with Gasteiger partial charge in [-0.25, -0.2) is 0 Å². The van der Waals surface area contributed by atoms with Gasteiger partial charge in [0, 0.05) is 37.6 Å². The number of benzene rings is 2. The Kier molecular flexibility index (Phi) is 4.25. The molecule has 0 bridgehead atoms. The molecule has 0 saturated heterocycles. The fraction of sp³-hybridized carbons (Fsp3) is 0.188. The molecule has 4 nitrogen and oxygen atoms in total. The maximum atomic E-state index is 9.84. The van der Waals surface area contributed by atoms with Crippen molar-refractivity contribution in [3.63, 3.8) is 0 Å². The van der Waals surface area contributed by atoms with Crippen molar-refractivity contribution in [2.75, 3.05) is 26.1 Å². The summed E-state index contributed by atoms with van der Waals surface area (Å²) in [7, 11) is 5.55. The van der Waals surface area contributed by atoms with E-state index in [4.69, 9.17) is 4.74 Å². The van der Waals surface area contributed by atoms with Crippen molar-refractivity contribution in [1.82, 2.24) is 0 Å². The van der Waals surface area contributed by atoms with Gasteiger partial charge in [0.2, 0.25) is 0 Å². The molecule has 4 heteroatoms. The van der Waals surface area contributed by atoms with Crippen LogP contribution in [0.3, 0.4) is 0 Å². The van der Waals surface area contributed by atoms with Gasteiger partial charge >= 0.3 is 0 Å². The first-order chi connectivity index (χ1) is 9.60. The molecular formula is C16H18N2O2. The molecule has 0 aromatic heterocycles. The fourth-order valence-corrected chi connectivity index (χ4v) is 1.74. The van der Waals surface area contributed by atoms with E-state index in [9.17, 15) is 5.11 Å². The van der Waals surface area contributed by atoms with Gasteiger partial charge in [0.25, 0.3) is 0 Å². The number of phenolic OH excluding ortho intramolecular Hbond substituents is 1. The number of hydrogen-bond acceptors (Lipinski definition) is 4. The highest BCUT2D eigenvalue weighted by Crippen LogP contribution is 2.23. The minimum Gasteiger partial charge on any atom is -0.507 e. The Balaban J connectivity index is 2.16. The summed E-state index contributed by atoms with van der Waals surface area (Å²) in [4.78, 5) is 6.38. The lowest BCUT2D eigenvalue weighted by molar-refractivity contribution is 0.407. The Labute approximate surface area is 119 Å². The second kappa shape index (κ2) is 6.10. The van der Waals surface area contributed by atoms with Gasteiger partial charge in [-0.2, -0.15) is 0 Å². The molecule has 20 heavy (non-hydrogen) atoms. The molecule has 2 aromatic rings. The van der Waals surface area contributed by atoms with E-state index in [0.717, 1.165) is 11.4 Å². The Morgan fingerprint density at radius 1 is 1.10 bits per heavy atom. The minimum absolute atomic E-state index is 0.151. The molecule has 2 aromatic carbocycles. The van der Waals surface area contributed by atoms with Crippen molar-refractivity contribution in [1.29, 1.82) is 0 Å². The summed E-state index contributed by atoms with van der Waals surface area (Å²) in [5.41, 5.74) is 2.62. The third kappa shape index (κ3) is 3.29. The van der Waals surface area contributed by atoms with Gasteiger partial charge in [0.1, 0.15) is 11.5 Å². The van der Waals surface area contributed by atoms with Crippen LogP contribution in [0.15, 0.2) is 47.5 Å². The number of rotatable bonds is 4. The first kappa shape index (κ1) is 13.9. The predicted molar refractivity (Wildman–Crippen MR) is 82.7 cm³/mol. The highest BCUT2D eigenvalue weighted by atomic mass is 16.5. The molecule has 0 amide bonds. The van der Waals surface area contributed by atoms with E-state index in [2.05, 4.69) is 4.99 Å². The molecule has 2 rings (SSSR count). The second-order valence-electron chi connectivity index (χ2n) is 4.59. The van der Waals surface area contributed by atoms with Crippen LogP contribution < -0.4 is 9.64 Å². The number of hydrogen-bond donors (Lipinski definition) is 1. The van der Waals surface area contributed by atoms with Crippen LogP contribution in [0.4, 0.5) is 11.4 Å². The first-order valence-corrected chi connectivity index (χ1v) is 6.28. The van der Waals surface area contributed by atoms with Crippen LogP contribution in [-0.2, 0) is 0 Å². The summed E-state index contributed by atoms with van der Waals surface area (Å²) in [6.45, 7) is 0. The number of anilines is 1. The first-order valence-electron chi connectivity index (χ1n) is 6.28. The molecule has 0 unspecified atom stereocenters. The molecule has 0 aliphatic heterocycles. The molecular weight excluding hydrogens is 252 g/mol. The standard InChI is InChI=1S/C16H18N2O2/c1-18(2)14-7-5-13(6-8-14)17-11-12-4-9-15(20-3)10-16(12)19/h4-11,19H,1-3H3. The Morgan fingerprint density at radius 2 is 1.80 bits per heavy atom. The molecule has 104 valence electrons. The lowest BCUT2D eigenvalue weighted by atomic mass is 10.2. The number of ether oxygens (including phenoxy) is 1. The van der Waals surface area contributed by atoms with Crippen LogP contribution in [0.5, 0.6) is 11.5 Å². The van der Waals surface area contributed by atoms with Gasteiger partial charge in [0.05, 0.1) is 12.8 Å². The third-order valence-corrected chi connectivity index (χ3v) is 2.96. The summed E-state index contributed by atoms with van der Waals surface area (Å²) < 4.78 is 5.04. The normalized spacial score (nSPS) is 10.8. The van der Waals surface area contributed by atoms with Gasteiger partial charge in [0.15, 0.2) is 0 Å². The quantitative estimate of drug-likeness (QED) is 0.868. The molecule has 0 spiro atoms. The molecule has 0 heterocycles. The Morgan fingerprint density at radius 3 is 2.35 bits per heavy atom. The minimum atomic E-state index is 0.151. The molecule has 1 N–H and O–H groups in total. The van der Waals surface area contributed by atoms with Crippen LogP contribution in [0.1, 0.15) is 5.56 Å². The lowest BCUT2D eigenvalue weighted by Crippen LogP contribution is -2.07. The summed E-state index contributed by atoms with van der Waals surface area (Å²) in [5.74, 6) is 0.771. The van der Waals surface area contributed by atoms with E-state index in [1.807, 2.05) is 43.3 Å². The third-order valence-electron chi connectivity index (χ3n) is 2.96. The smallest absolute Gasteiger partial charge is 0.128 e. The van der Waals surface area contributed by atoms with Crippen molar-refractivity contribution in [3.8, 4) is 11.5 Å². The van der Waals surface area contributed by atoms with Crippen molar-refractivity contribution in [2.24, 2.45) is 4.99 Å². The number of nitrogens with zero attached hydrogens (tertiary/aromatic N) is 2. The lowest BCUT2D eigenvalue weighted by Gasteiger charge is -2.11. The zero-order valence-corrected chi connectivity index (χ0v) is 11.9. The number of aromatic hydroxyl groups is 1. The molecule has 0 radical (unpaired) electrons. The zero-order chi connectivity index (χ0) is 14.5. The highest BCUT2D eigenvalue weighted by Gasteiger charge is 2.00. The Hall–Kier alpha value is -2.49. The number of aliphatic imine (C=N–C) groups is 1. The summed E-state index contributed by atoms with van der Waals surface area (Å²) in [6.07, 6.45) is 1.64. The van der Waals surface area contributed by atoms with Crippen LogP contribution in [0, 0.1) is 0 Å². The van der Waals surface area contributed by atoms with E-state index < -0.39 is 0 Å². The maximum Gasteiger partial charge on any atom is 0.128 e. The molecule has 0 saturated carbocycles. The van der Waals surface area contributed by atoms with Crippen molar-refractivity contribution < 1.29 is 9.84 Å². The van der Waals surface area contributed by atoms with Gasteiger partial charge in [-0.1, -0.05) is 0 Å². The zero-order valence-electron chi connectivity index (χ0n) is 11.9. The molecule has 0 atom stereocenters. The van der Waals surface area contributed by atoms with Gasteiger partial charge < -0.3 is 14.7 Å². The SMILES string of the molecule is COc1ccc(C=Nc2ccc(N(C)C)cc2)c(O)c1. The number of methoxy groups -OCH3 is 1. The largest absolute Gasteiger partial charge is 0.507 e. The summed E-state index contributed by atoms with van der Waals surface area (Å²) in [6, 6.07) is 13.0. The van der Waals surface area contributed by atoms with E-state index in [1.54, 1.807) is 31.5 Å². The summed E-state index contributed by atoms with van der Waals surface area (Å²) >= 11 is 0. The molecule has 0 aliphatic carbocycles. The summed E-state index contributed by atoms with van der Waals surface area (Å²) in [5, 5.41) is 9.84. The van der Waals surface area contributed by atoms with Gasteiger partial charge in [-0.05, 0) is 36.4 Å². The average molecular weight is 270 g/mol. The van der Waals surface area contributed by atoms with Crippen molar-refractivity contribution >= 4 is 17.6 Å². The highest BCUT2D eigenvalue weighted by molar-refractivity contribution is 5.85. The molecule has 0 aliphatic rings. The molecule has 0 fully saturated rings.